The molecule has 2 aliphatic rings. The highest BCUT2D eigenvalue weighted by Gasteiger charge is 2.65. The summed E-state index contributed by atoms with van der Waals surface area (Å²) in [5.41, 5.74) is 0.406. The zero-order chi connectivity index (χ0) is 7.90. The smallest absolute Gasteiger partial charge is 0.0688 e. The molecule has 0 aliphatic heterocycles. The Labute approximate surface area is 67.6 Å². The van der Waals surface area contributed by atoms with Crippen LogP contribution in [-0.2, 0) is 4.74 Å². The second kappa shape index (κ2) is 2.46. The Bertz CT molecular complexity index is 138. The number of hydrogen-bond donors (Lipinski definition) is 1. The predicted molar refractivity (Wildman–Crippen MR) is 42.3 cm³/mol. The van der Waals surface area contributed by atoms with Crippen molar-refractivity contribution in [3.63, 3.8) is 0 Å². The molecule has 11 heavy (non-hydrogen) atoms. The van der Waals surface area contributed by atoms with E-state index in [9.17, 15) is 0 Å². The first-order valence-electron chi connectivity index (χ1n) is 4.49. The van der Waals surface area contributed by atoms with E-state index in [-0.39, 0.29) is 0 Å². The average molecular weight is 156 g/mol. The van der Waals surface area contributed by atoms with Crippen molar-refractivity contribution in [3.8, 4) is 0 Å². The van der Waals surface area contributed by atoms with Crippen LogP contribution >= 0.6 is 0 Å². The van der Waals surface area contributed by atoms with Gasteiger partial charge in [-0.1, -0.05) is 12.8 Å². The first-order valence-corrected chi connectivity index (χ1v) is 4.49. The third-order valence-electron chi connectivity index (χ3n) is 3.55. The van der Waals surface area contributed by atoms with Crippen molar-refractivity contribution in [1.29, 1.82) is 0 Å². The van der Waals surface area contributed by atoms with E-state index in [1.807, 2.05) is 0 Å². The van der Waals surface area contributed by atoms with Gasteiger partial charge in [0.25, 0.3) is 0 Å². The van der Waals surface area contributed by atoms with Crippen molar-refractivity contribution in [2.45, 2.75) is 31.8 Å². The summed E-state index contributed by atoms with van der Waals surface area (Å²) in [6, 6.07) is 0. The molecule has 2 heteroatoms. The minimum atomic E-state index is 0.318. The summed E-state index contributed by atoms with van der Waals surface area (Å²) in [4.78, 5) is 0. The maximum atomic E-state index is 9.05. The maximum absolute atomic E-state index is 9.05. The predicted octanol–water partition coefficient (Wildman–Crippen LogP) is 1.18. The van der Waals surface area contributed by atoms with Crippen molar-refractivity contribution >= 4 is 0 Å². The molecule has 0 unspecified atom stereocenters. The molecule has 0 saturated heterocycles. The zero-order valence-electron chi connectivity index (χ0n) is 7.05. The molecule has 0 amide bonds. The second-order valence-electron chi connectivity index (χ2n) is 3.89. The largest absolute Gasteiger partial charge is 0.396 e. The Hall–Kier alpha value is -0.0800. The summed E-state index contributed by atoms with van der Waals surface area (Å²) >= 11 is 0. The summed E-state index contributed by atoms with van der Waals surface area (Å²) in [6.07, 6.45) is 5.58. The molecule has 1 N–H and O–H groups in total. The summed E-state index contributed by atoms with van der Waals surface area (Å²) in [5, 5.41) is 9.05. The van der Waals surface area contributed by atoms with Gasteiger partial charge in [0.1, 0.15) is 0 Å². The number of ether oxygens (including phenoxy) is 1. The van der Waals surface area contributed by atoms with Crippen molar-refractivity contribution in [1.82, 2.24) is 0 Å². The first kappa shape index (κ1) is 7.56. The number of aliphatic hydroxyl groups is 1. The lowest BCUT2D eigenvalue weighted by Crippen LogP contribution is -2.02. The molecule has 0 aromatic carbocycles. The summed E-state index contributed by atoms with van der Waals surface area (Å²) in [5.74, 6) is 0.454. The minimum Gasteiger partial charge on any atom is -0.396 e. The van der Waals surface area contributed by atoms with Gasteiger partial charge in [-0.15, -0.1) is 0 Å². The quantitative estimate of drug-likeness (QED) is 0.650. The summed E-state index contributed by atoms with van der Waals surface area (Å²) < 4.78 is 5.34. The normalized spacial score (nSPS) is 39.8. The summed E-state index contributed by atoms with van der Waals surface area (Å²) in [7, 11) is 1.76. The highest BCUT2D eigenvalue weighted by molar-refractivity contribution is 5.13. The molecule has 0 radical (unpaired) electrons. The van der Waals surface area contributed by atoms with Gasteiger partial charge in [-0.2, -0.15) is 0 Å². The van der Waals surface area contributed by atoms with Gasteiger partial charge in [0.15, 0.2) is 0 Å². The Morgan fingerprint density at radius 3 is 2.45 bits per heavy atom. The van der Waals surface area contributed by atoms with Crippen LogP contribution in [0.25, 0.3) is 0 Å². The SMILES string of the molecule is CO[C@@H]1[C@H](CO)C12CCCC2. The van der Waals surface area contributed by atoms with Gasteiger partial charge in [-0.05, 0) is 12.8 Å². The van der Waals surface area contributed by atoms with Crippen molar-refractivity contribution < 1.29 is 9.84 Å². The zero-order valence-corrected chi connectivity index (χ0v) is 7.05. The molecular formula is C9H16O2. The van der Waals surface area contributed by atoms with Crippen LogP contribution in [0.1, 0.15) is 25.7 Å². The molecular weight excluding hydrogens is 140 g/mol. The third-order valence-corrected chi connectivity index (χ3v) is 3.55. The monoisotopic (exact) mass is 156 g/mol. The van der Waals surface area contributed by atoms with Crippen LogP contribution in [0, 0.1) is 11.3 Å². The van der Waals surface area contributed by atoms with Gasteiger partial charge in [0.2, 0.25) is 0 Å². The van der Waals surface area contributed by atoms with Crippen LogP contribution in [-0.4, -0.2) is 24.9 Å². The van der Waals surface area contributed by atoms with E-state index in [1.54, 1.807) is 7.11 Å². The molecule has 2 rings (SSSR count). The second-order valence-corrected chi connectivity index (χ2v) is 3.89. The van der Waals surface area contributed by atoms with E-state index >= 15 is 0 Å². The minimum absolute atomic E-state index is 0.318. The molecule has 0 aromatic rings. The molecule has 0 heterocycles. The summed E-state index contributed by atoms with van der Waals surface area (Å²) in [6.45, 7) is 0.318. The Balaban J connectivity index is 2.04. The fraction of sp³-hybridized carbons (Fsp3) is 1.00. The van der Waals surface area contributed by atoms with E-state index in [0.29, 0.717) is 24.0 Å². The molecule has 2 fully saturated rings. The van der Waals surface area contributed by atoms with Gasteiger partial charge in [0, 0.05) is 25.0 Å². The Kier molecular flexibility index (Phi) is 1.69. The Morgan fingerprint density at radius 2 is 2.09 bits per heavy atom. The lowest BCUT2D eigenvalue weighted by Gasteiger charge is -2.05. The fourth-order valence-corrected chi connectivity index (χ4v) is 2.90. The number of methoxy groups -OCH3 is 1. The molecule has 2 aliphatic carbocycles. The average Bonchev–Trinajstić information content (AvgIpc) is 2.39. The van der Waals surface area contributed by atoms with Crippen LogP contribution < -0.4 is 0 Å². The number of hydrogen-bond acceptors (Lipinski definition) is 2. The van der Waals surface area contributed by atoms with Crippen LogP contribution in [0.4, 0.5) is 0 Å². The lowest BCUT2D eigenvalue weighted by atomic mass is 10.0. The highest BCUT2D eigenvalue weighted by atomic mass is 16.5. The fourth-order valence-electron chi connectivity index (χ4n) is 2.90. The van der Waals surface area contributed by atoms with E-state index < -0.39 is 0 Å². The van der Waals surface area contributed by atoms with Crippen LogP contribution in [0.3, 0.4) is 0 Å². The molecule has 2 atom stereocenters. The molecule has 1 spiro atoms. The van der Waals surface area contributed by atoms with E-state index in [4.69, 9.17) is 9.84 Å². The van der Waals surface area contributed by atoms with Crippen molar-refractivity contribution in [2.75, 3.05) is 13.7 Å². The van der Waals surface area contributed by atoms with Gasteiger partial charge >= 0.3 is 0 Å². The molecule has 2 nitrogen and oxygen atoms in total. The number of aliphatic hydroxyl groups excluding tert-OH is 1. The molecule has 2 saturated carbocycles. The van der Waals surface area contributed by atoms with Gasteiger partial charge in [0.05, 0.1) is 6.10 Å². The van der Waals surface area contributed by atoms with Crippen molar-refractivity contribution in [3.05, 3.63) is 0 Å². The van der Waals surface area contributed by atoms with Crippen molar-refractivity contribution in [2.24, 2.45) is 11.3 Å². The Morgan fingerprint density at radius 1 is 1.45 bits per heavy atom. The van der Waals surface area contributed by atoms with Crippen LogP contribution in [0.2, 0.25) is 0 Å². The maximum Gasteiger partial charge on any atom is 0.0688 e. The topological polar surface area (TPSA) is 29.5 Å². The van der Waals surface area contributed by atoms with Crippen LogP contribution in [0.15, 0.2) is 0 Å². The standard InChI is InChI=1S/C9H16O2/c1-11-8-7(6-10)9(8)4-2-3-5-9/h7-8,10H,2-6H2,1H3/t7-,8+/m0/s1. The van der Waals surface area contributed by atoms with E-state index in [2.05, 4.69) is 0 Å². The lowest BCUT2D eigenvalue weighted by molar-refractivity contribution is 0.135. The third kappa shape index (κ3) is 0.859. The number of rotatable bonds is 2. The molecule has 64 valence electrons. The van der Waals surface area contributed by atoms with Gasteiger partial charge in [-0.25, -0.2) is 0 Å². The van der Waals surface area contributed by atoms with Crippen LogP contribution in [0.5, 0.6) is 0 Å². The first-order chi connectivity index (χ1) is 5.35. The van der Waals surface area contributed by atoms with E-state index in [1.165, 1.54) is 25.7 Å². The van der Waals surface area contributed by atoms with Gasteiger partial charge in [-0.3, -0.25) is 0 Å². The van der Waals surface area contributed by atoms with Gasteiger partial charge < -0.3 is 9.84 Å². The van der Waals surface area contributed by atoms with E-state index in [0.717, 1.165) is 0 Å². The molecule has 0 bridgehead atoms. The molecule has 0 aromatic heterocycles. The highest BCUT2D eigenvalue weighted by Crippen LogP contribution is 2.63.